The highest BCUT2D eigenvalue weighted by Crippen LogP contribution is 2.15. The standard InChI is InChI=1S/C13H26N2O2/c1-11(2)15(13(16)6-9-17-3)10-12-4-7-14-8-5-12/h11-12,14H,4-10H2,1-3H3. The molecule has 100 valence electrons. The van der Waals surface area contributed by atoms with Crippen molar-refractivity contribution in [3.63, 3.8) is 0 Å². The molecular weight excluding hydrogens is 216 g/mol. The molecule has 0 radical (unpaired) electrons. The van der Waals surface area contributed by atoms with Gasteiger partial charge < -0.3 is 15.0 Å². The lowest BCUT2D eigenvalue weighted by Crippen LogP contribution is -2.43. The normalized spacial score (nSPS) is 17.4. The van der Waals surface area contributed by atoms with Crippen molar-refractivity contribution in [3.05, 3.63) is 0 Å². The van der Waals surface area contributed by atoms with E-state index in [1.54, 1.807) is 7.11 Å². The predicted molar refractivity (Wildman–Crippen MR) is 68.9 cm³/mol. The van der Waals surface area contributed by atoms with Crippen molar-refractivity contribution in [2.24, 2.45) is 5.92 Å². The average molecular weight is 242 g/mol. The highest BCUT2D eigenvalue weighted by Gasteiger charge is 2.22. The van der Waals surface area contributed by atoms with Crippen molar-refractivity contribution in [2.45, 2.75) is 39.2 Å². The van der Waals surface area contributed by atoms with Crippen LogP contribution in [0.15, 0.2) is 0 Å². The number of piperidine rings is 1. The van der Waals surface area contributed by atoms with Crippen LogP contribution in [0.1, 0.15) is 33.1 Å². The topological polar surface area (TPSA) is 41.6 Å². The second kappa shape index (κ2) is 7.67. The van der Waals surface area contributed by atoms with E-state index in [4.69, 9.17) is 4.74 Å². The van der Waals surface area contributed by atoms with Gasteiger partial charge in [0.15, 0.2) is 0 Å². The first kappa shape index (κ1) is 14.5. The Hall–Kier alpha value is -0.610. The minimum absolute atomic E-state index is 0.223. The first-order valence-electron chi connectivity index (χ1n) is 6.64. The Morgan fingerprint density at radius 1 is 1.41 bits per heavy atom. The number of amides is 1. The third kappa shape index (κ3) is 5.04. The predicted octanol–water partition coefficient (Wildman–Crippen LogP) is 1.26. The molecule has 4 nitrogen and oxygen atoms in total. The molecule has 0 spiro atoms. The number of rotatable bonds is 6. The van der Waals surface area contributed by atoms with Crippen LogP contribution in [0.4, 0.5) is 0 Å². The highest BCUT2D eigenvalue weighted by molar-refractivity contribution is 5.76. The van der Waals surface area contributed by atoms with E-state index in [2.05, 4.69) is 19.2 Å². The van der Waals surface area contributed by atoms with Crippen LogP contribution in [-0.4, -0.2) is 50.2 Å². The van der Waals surface area contributed by atoms with Gasteiger partial charge in [-0.2, -0.15) is 0 Å². The van der Waals surface area contributed by atoms with Crippen LogP contribution in [0.5, 0.6) is 0 Å². The zero-order valence-corrected chi connectivity index (χ0v) is 11.4. The van der Waals surface area contributed by atoms with Gasteiger partial charge in [-0.15, -0.1) is 0 Å². The van der Waals surface area contributed by atoms with Crippen LogP contribution >= 0.6 is 0 Å². The second-order valence-electron chi connectivity index (χ2n) is 5.08. The molecule has 0 atom stereocenters. The summed E-state index contributed by atoms with van der Waals surface area (Å²) in [5.41, 5.74) is 0. The van der Waals surface area contributed by atoms with Gasteiger partial charge in [-0.3, -0.25) is 4.79 Å². The fraction of sp³-hybridized carbons (Fsp3) is 0.923. The molecule has 0 aromatic rings. The fourth-order valence-electron chi connectivity index (χ4n) is 2.28. The molecule has 0 saturated carbocycles. The summed E-state index contributed by atoms with van der Waals surface area (Å²) in [7, 11) is 1.64. The lowest BCUT2D eigenvalue weighted by Gasteiger charge is -2.33. The van der Waals surface area contributed by atoms with Crippen molar-refractivity contribution in [1.82, 2.24) is 10.2 Å². The number of carbonyl (C=O) groups is 1. The summed E-state index contributed by atoms with van der Waals surface area (Å²) in [5, 5.41) is 3.36. The summed E-state index contributed by atoms with van der Waals surface area (Å²) >= 11 is 0. The van der Waals surface area contributed by atoms with Crippen LogP contribution in [-0.2, 0) is 9.53 Å². The monoisotopic (exact) mass is 242 g/mol. The van der Waals surface area contributed by atoms with Crippen molar-refractivity contribution >= 4 is 5.91 Å². The summed E-state index contributed by atoms with van der Waals surface area (Å²) in [6, 6.07) is 0.286. The van der Waals surface area contributed by atoms with Crippen LogP contribution in [0.2, 0.25) is 0 Å². The second-order valence-corrected chi connectivity index (χ2v) is 5.08. The van der Waals surface area contributed by atoms with E-state index in [0.29, 0.717) is 18.9 Å². The van der Waals surface area contributed by atoms with Gasteiger partial charge in [0, 0.05) is 19.7 Å². The quantitative estimate of drug-likeness (QED) is 0.762. The number of nitrogens with zero attached hydrogens (tertiary/aromatic N) is 1. The Kier molecular flexibility index (Phi) is 6.52. The molecule has 4 heteroatoms. The molecule has 0 aromatic carbocycles. The third-order valence-corrected chi connectivity index (χ3v) is 3.38. The number of carbonyl (C=O) groups excluding carboxylic acids is 1. The minimum Gasteiger partial charge on any atom is -0.384 e. The molecule has 1 heterocycles. The van der Waals surface area contributed by atoms with E-state index in [9.17, 15) is 4.79 Å². The van der Waals surface area contributed by atoms with Gasteiger partial charge in [-0.1, -0.05) is 0 Å². The van der Waals surface area contributed by atoms with Crippen LogP contribution in [0.25, 0.3) is 0 Å². The Morgan fingerprint density at radius 2 is 2.06 bits per heavy atom. The van der Waals surface area contributed by atoms with Gasteiger partial charge in [0.05, 0.1) is 13.0 Å². The van der Waals surface area contributed by atoms with Crippen molar-refractivity contribution < 1.29 is 9.53 Å². The van der Waals surface area contributed by atoms with Crippen molar-refractivity contribution in [3.8, 4) is 0 Å². The van der Waals surface area contributed by atoms with Gasteiger partial charge in [-0.25, -0.2) is 0 Å². The van der Waals surface area contributed by atoms with E-state index in [1.165, 1.54) is 12.8 Å². The zero-order chi connectivity index (χ0) is 12.7. The lowest BCUT2D eigenvalue weighted by atomic mass is 9.97. The highest BCUT2D eigenvalue weighted by atomic mass is 16.5. The van der Waals surface area contributed by atoms with E-state index < -0.39 is 0 Å². The molecule has 1 amide bonds. The van der Waals surface area contributed by atoms with Crippen molar-refractivity contribution in [2.75, 3.05) is 33.4 Å². The SMILES string of the molecule is COCCC(=O)N(CC1CCNCC1)C(C)C. The average Bonchev–Trinajstić information content (AvgIpc) is 2.34. The maximum Gasteiger partial charge on any atom is 0.225 e. The molecule has 1 aliphatic heterocycles. The van der Waals surface area contributed by atoms with E-state index in [-0.39, 0.29) is 11.9 Å². The molecule has 1 rings (SSSR count). The maximum absolute atomic E-state index is 12.0. The molecule has 0 bridgehead atoms. The van der Waals surface area contributed by atoms with E-state index >= 15 is 0 Å². The van der Waals surface area contributed by atoms with Crippen LogP contribution < -0.4 is 5.32 Å². The number of methoxy groups -OCH3 is 1. The van der Waals surface area contributed by atoms with E-state index in [1.807, 2.05) is 4.90 Å². The van der Waals surface area contributed by atoms with Gasteiger partial charge in [0.25, 0.3) is 0 Å². The van der Waals surface area contributed by atoms with Gasteiger partial charge in [-0.05, 0) is 45.7 Å². The summed E-state index contributed by atoms with van der Waals surface area (Å²) in [6.45, 7) is 7.78. The molecule has 17 heavy (non-hydrogen) atoms. The zero-order valence-electron chi connectivity index (χ0n) is 11.4. The number of ether oxygens (including phenoxy) is 1. The van der Waals surface area contributed by atoms with Crippen LogP contribution in [0, 0.1) is 5.92 Å². The lowest BCUT2D eigenvalue weighted by molar-refractivity contribution is -0.134. The summed E-state index contributed by atoms with van der Waals surface area (Å²) in [5.74, 6) is 0.880. The summed E-state index contributed by atoms with van der Waals surface area (Å²) < 4.78 is 4.97. The summed E-state index contributed by atoms with van der Waals surface area (Å²) in [4.78, 5) is 14.1. The minimum atomic E-state index is 0.223. The molecule has 0 unspecified atom stereocenters. The molecule has 0 aromatic heterocycles. The Bertz CT molecular complexity index is 225. The summed E-state index contributed by atoms with van der Waals surface area (Å²) in [6.07, 6.45) is 2.86. The Morgan fingerprint density at radius 3 is 2.59 bits per heavy atom. The fourth-order valence-corrected chi connectivity index (χ4v) is 2.28. The number of hydrogen-bond acceptors (Lipinski definition) is 3. The van der Waals surface area contributed by atoms with E-state index in [0.717, 1.165) is 19.6 Å². The van der Waals surface area contributed by atoms with Gasteiger partial charge in [0.1, 0.15) is 0 Å². The largest absolute Gasteiger partial charge is 0.384 e. The number of nitrogens with one attached hydrogen (secondary N) is 1. The first-order valence-corrected chi connectivity index (χ1v) is 6.64. The molecule has 1 fully saturated rings. The third-order valence-electron chi connectivity index (χ3n) is 3.38. The smallest absolute Gasteiger partial charge is 0.225 e. The maximum atomic E-state index is 12.0. The van der Waals surface area contributed by atoms with Crippen LogP contribution in [0.3, 0.4) is 0 Å². The molecular formula is C13H26N2O2. The number of hydrogen-bond donors (Lipinski definition) is 1. The van der Waals surface area contributed by atoms with Gasteiger partial charge >= 0.3 is 0 Å². The van der Waals surface area contributed by atoms with Crippen molar-refractivity contribution in [1.29, 1.82) is 0 Å². The molecule has 1 aliphatic rings. The molecule has 0 aliphatic carbocycles. The molecule has 1 saturated heterocycles. The Balaban J connectivity index is 2.43. The molecule has 1 N–H and O–H groups in total. The Labute approximate surface area is 105 Å². The first-order chi connectivity index (χ1) is 8.15. The van der Waals surface area contributed by atoms with Gasteiger partial charge in [0.2, 0.25) is 5.91 Å².